The molecule has 17 heavy (non-hydrogen) atoms. The molecule has 0 bridgehead atoms. The van der Waals surface area contributed by atoms with Gasteiger partial charge in [-0.3, -0.25) is 4.79 Å². The first-order valence-electron chi connectivity index (χ1n) is 6.67. The van der Waals surface area contributed by atoms with Crippen LogP contribution < -0.4 is 5.32 Å². The van der Waals surface area contributed by atoms with Crippen molar-refractivity contribution in [2.24, 2.45) is 0 Å². The van der Waals surface area contributed by atoms with E-state index in [1.165, 1.54) is 19.3 Å². The number of ether oxygens (including phenoxy) is 1. The number of carbonyl (C=O) groups is 1. The van der Waals surface area contributed by atoms with Gasteiger partial charge in [0.25, 0.3) is 0 Å². The minimum Gasteiger partial charge on any atom is -0.382 e. The Morgan fingerprint density at radius 3 is 2.88 bits per heavy atom. The monoisotopic (exact) mass is 259 g/mol. The molecule has 3 nitrogen and oxygen atoms in total. The molecule has 2 atom stereocenters. The minimum absolute atomic E-state index is 0.190. The number of carbonyl (C=O) groups excluding carboxylic acids is 1. The molecule has 100 valence electrons. The first kappa shape index (κ1) is 14.8. The second kappa shape index (κ2) is 8.81. The lowest BCUT2D eigenvalue weighted by Crippen LogP contribution is -2.43. The van der Waals surface area contributed by atoms with E-state index >= 15 is 0 Å². The summed E-state index contributed by atoms with van der Waals surface area (Å²) < 4.78 is 5.23. The summed E-state index contributed by atoms with van der Waals surface area (Å²) in [6.07, 6.45) is 8.51. The summed E-state index contributed by atoms with van der Waals surface area (Å²) in [6, 6.07) is 0.387. The van der Waals surface area contributed by atoms with Crippen LogP contribution in [0.2, 0.25) is 0 Å². The van der Waals surface area contributed by atoms with Crippen LogP contribution in [0, 0.1) is 0 Å². The average Bonchev–Trinajstić information content (AvgIpc) is 2.35. The normalized spacial score (nSPS) is 24.6. The zero-order valence-corrected chi connectivity index (χ0v) is 11.9. The van der Waals surface area contributed by atoms with Gasteiger partial charge in [0.2, 0.25) is 5.91 Å². The Kier molecular flexibility index (Phi) is 7.69. The molecule has 1 aliphatic carbocycles. The third kappa shape index (κ3) is 5.77. The maximum atomic E-state index is 11.8. The fraction of sp³-hybridized carbons (Fsp3) is 0.923. The van der Waals surface area contributed by atoms with Crippen LogP contribution >= 0.6 is 11.8 Å². The summed E-state index contributed by atoms with van der Waals surface area (Å²) in [4.78, 5) is 11.8. The fourth-order valence-corrected chi connectivity index (χ4v) is 3.24. The van der Waals surface area contributed by atoms with Gasteiger partial charge in [0.05, 0.1) is 0 Å². The molecule has 0 saturated heterocycles. The van der Waals surface area contributed by atoms with E-state index < -0.39 is 0 Å². The molecule has 0 aromatic rings. The van der Waals surface area contributed by atoms with Gasteiger partial charge in [0.1, 0.15) is 0 Å². The first-order chi connectivity index (χ1) is 8.27. The molecule has 0 spiro atoms. The van der Waals surface area contributed by atoms with Crippen molar-refractivity contribution in [1.29, 1.82) is 0 Å². The summed E-state index contributed by atoms with van der Waals surface area (Å²) >= 11 is 1.89. The van der Waals surface area contributed by atoms with Crippen LogP contribution in [-0.4, -0.2) is 36.7 Å². The lowest BCUT2D eigenvalue weighted by Gasteiger charge is -2.30. The van der Waals surface area contributed by atoms with E-state index in [4.69, 9.17) is 4.74 Å². The van der Waals surface area contributed by atoms with Crippen LogP contribution in [0.15, 0.2) is 0 Å². The fourth-order valence-electron chi connectivity index (χ4n) is 2.30. The second-order valence-corrected chi connectivity index (χ2v) is 5.61. The molecular weight excluding hydrogens is 234 g/mol. The van der Waals surface area contributed by atoms with E-state index in [1.807, 2.05) is 18.7 Å². The van der Waals surface area contributed by atoms with Gasteiger partial charge in [-0.25, -0.2) is 0 Å². The van der Waals surface area contributed by atoms with Crippen LogP contribution in [0.4, 0.5) is 0 Å². The maximum absolute atomic E-state index is 11.8. The Balaban J connectivity index is 2.19. The van der Waals surface area contributed by atoms with Gasteiger partial charge in [-0.1, -0.05) is 12.8 Å². The molecule has 1 rings (SSSR count). The number of nitrogens with one attached hydrogen (secondary N) is 1. The molecule has 0 aliphatic heterocycles. The molecule has 0 unspecified atom stereocenters. The SMILES string of the molecule is CCOCCCC(=O)N[C@@H]1CCCC[C@@H]1SC. The molecule has 1 fully saturated rings. The number of thioether (sulfide) groups is 1. The predicted octanol–water partition coefficient (Wildman–Crippen LogP) is 2.59. The standard InChI is InChI=1S/C13H25NO2S/c1-3-16-10-6-9-13(15)14-11-7-4-5-8-12(11)17-2/h11-12H,3-10H2,1-2H3,(H,14,15)/t11-,12+/m1/s1. The lowest BCUT2D eigenvalue weighted by atomic mass is 9.94. The van der Waals surface area contributed by atoms with Crippen molar-refractivity contribution in [3.05, 3.63) is 0 Å². The Hall–Kier alpha value is -0.220. The van der Waals surface area contributed by atoms with Crippen molar-refractivity contribution in [3.63, 3.8) is 0 Å². The number of hydrogen-bond donors (Lipinski definition) is 1. The van der Waals surface area contributed by atoms with Gasteiger partial charge in [-0.2, -0.15) is 11.8 Å². The topological polar surface area (TPSA) is 38.3 Å². The Morgan fingerprint density at radius 2 is 2.18 bits per heavy atom. The van der Waals surface area contributed by atoms with Crippen molar-refractivity contribution in [3.8, 4) is 0 Å². The Morgan fingerprint density at radius 1 is 1.41 bits per heavy atom. The second-order valence-electron chi connectivity index (χ2n) is 4.53. The lowest BCUT2D eigenvalue weighted by molar-refractivity contribution is -0.122. The van der Waals surface area contributed by atoms with Crippen LogP contribution in [0.3, 0.4) is 0 Å². The molecule has 0 aromatic heterocycles. The maximum Gasteiger partial charge on any atom is 0.220 e. The van der Waals surface area contributed by atoms with E-state index in [1.54, 1.807) is 0 Å². The van der Waals surface area contributed by atoms with Crippen LogP contribution in [0.25, 0.3) is 0 Å². The third-order valence-electron chi connectivity index (χ3n) is 3.25. The molecular formula is C13H25NO2S. The molecule has 0 radical (unpaired) electrons. The average molecular weight is 259 g/mol. The van der Waals surface area contributed by atoms with E-state index in [9.17, 15) is 4.79 Å². The van der Waals surface area contributed by atoms with Crippen molar-refractivity contribution < 1.29 is 9.53 Å². The summed E-state index contributed by atoms with van der Waals surface area (Å²) in [5, 5.41) is 3.79. The van der Waals surface area contributed by atoms with Crippen molar-refractivity contribution >= 4 is 17.7 Å². The molecule has 1 N–H and O–H groups in total. The molecule has 1 amide bonds. The third-order valence-corrected chi connectivity index (χ3v) is 4.42. The smallest absolute Gasteiger partial charge is 0.220 e. The molecule has 0 aromatic carbocycles. The predicted molar refractivity (Wildman–Crippen MR) is 73.4 cm³/mol. The van der Waals surface area contributed by atoms with Crippen LogP contribution in [-0.2, 0) is 9.53 Å². The quantitative estimate of drug-likeness (QED) is 0.714. The van der Waals surface area contributed by atoms with Gasteiger partial charge in [-0.15, -0.1) is 0 Å². The van der Waals surface area contributed by atoms with Gasteiger partial charge in [0.15, 0.2) is 0 Å². The largest absolute Gasteiger partial charge is 0.382 e. The molecule has 1 saturated carbocycles. The molecule has 1 aliphatic rings. The van der Waals surface area contributed by atoms with Crippen molar-refractivity contribution in [1.82, 2.24) is 5.32 Å². The van der Waals surface area contributed by atoms with Gasteiger partial charge in [-0.05, 0) is 32.4 Å². The number of hydrogen-bond acceptors (Lipinski definition) is 3. The minimum atomic E-state index is 0.190. The van der Waals surface area contributed by atoms with Gasteiger partial charge < -0.3 is 10.1 Å². The van der Waals surface area contributed by atoms with Crippen LogP contribution in [0.5, 0.6) is 0 Å². The molecule has 0 heterocycles. The summed E-state index contributed by atoms with van der Waals surface area (Å²) in [7, 11) is 0. The van der Waals surface area contributed by atoms with Gasteiger partial charge in [0, 0.05) is 30.9 Å². The van der Waals surface area contributed by atoms with E-state index in [2.05, 4.69) is 11.6 Å². The highest BCUT2D eigenvalue weighted by Crippen LogP contribution is 2.27. The van der Waals surface area contributed by atoms with Crippen molar-refractivity contribution in [2.45, 2.75) is 56.7 Å². The first-order valence-corrected chi connectivity index (χ1v) is 7.96. The highest BCUT2D eigenvalue weighted by molar-refractivity contribution is 7.99. The van der Waals surface area contributed by atoms with Crippen molar-refractivity contribution in [2.75, 3.05) is 19.5 Å². The van der Waals surface area contributed by atoms with Gasteiger partial charge >= 0.3 is 0 Å². The summed E-state index contributed by atoms with van der Waals surface area (Å²) in [5.74, 6) is 0.190. The Labute approximate surface area is 109 Å². The zero-order valence-electron chi connectivity index (χ0n) is 11.0. The summed E-state index contributed by atoms with van der Waals surface area (Å²) in [6.45, 7) is 3.41. The van der Waals surface area contributed by atoms with Crippen LogP contribution in [0.1, 0.15) is 45.4 Å². The van der Waals surface area contributed by atoms with E-state index in [0.29, 0.717) is 24.3 Å². The zero-order chi connectivity index (χ0) is 12.5. The van der Waals surface area contributed by atoms with E-state index in [-0.39, 0.29) is 5.91 Å². The number of amides is 1. The highest BCUT2D eigenvalue weighted by atomic mass is 32.2. The highest BCUT2D eigenvalue weighted by Gasteiger charge is 2.25. The number of rotatable bonds is 7. The van der Waals surface area contributed by atoms with E-state index in [0.717, 1.165) is 19.4 Å². The Bertz CT molecular complexity index is 223. The molecule has 4 heteroatoms. The summed E-state index contributed by atoms with van der Waals surface area (Å²) in [5.41, 5.74) is 0.